The van der Waals surface area contributed by atoms with Gasteiger partial charge < -0.3 is 20.3 Å². The summed E-state index contributed by atoms with van der Waals surface area (Å²) in [6.07, 6.45) is -1.25. The Balaban J connectivity index is 1.29. The Labute approximate surface area is 205 Å². The minimum Gasteiger partial charge on any atom is -0.394 e. The van der Waals surface area contributed by atoms with Crippen molar-refractivity contribution in [1.82, 2.24) is 14.9 Å². The summed E-state index contributed by atoms with van der Waals surface area (Å²) in [6, 6.07) is 17.6. The van der Waals surface area contributed by atoms with E-state index in [1.165, 1.54) is 6.20 Å². The lowest BCUT2D eigenvalue weighted by molar-refractivity contribution is -0.0459. The molecule has 0 spiro atoms. The highest BCUT2D eigenvalue weighted by atomic mass is 16.5. The van der Waals surface area contributed by atoms with E-state index >= 15 is 0 Å². The number of nitrogens with one attached hydrogen (secondary N) is 2. The smallest absolute Gasteiger partial charge is 0.330 e. The number of rotatable bonds is 4. The zero-order valence-electron chi connectivity index (χ0n) is 19.1. The van der Waals surface area contributed by atoms with E-state index in [9.17, 15) is 24.6 Å². The third kappa shape index (κ3) is 4.65. The number of ether oxygens (including phenoxy) is 1. The Hall–Kier alpha value is -4.23. The lowest BCUT2D eigenvalue weighted by atomic mass is 10.0. The molecule has 9 heteroatoms. The second-order valence-electron chi connectivity index (χ2n) is 8.57. The number of H-pyrrole nitrogens is 1. The van der Waals surface area contributed by atoms with Crippen LogP contribution in [0.2, 0.25) is 0 Å². The summed E-state index contributed by atoms with van der Waals surface area (Å²) in [4.78, 5) is 39.2. The van der Waals surface area contributed by atoms with Crippen molar-refractivity contribution in [2.75, 3.05) is 13.2 Å². The van der Waals surface area contributed by atoms with Crippen molar-refractivity contribution >= 4 is 27.5 Å². The summed E-state index contributed by atoms with van der Waals surface area (Å²) in [5, 5.41) is 26.1. The van der Waals surface area contributed by atoms with Gasteiger partial charge in [-0.15, -0.1) is 0 Å². The zero-order chi connectivity index (χ0) is 25.2. The van der Waals surface area contributed by atoms with Crippen LogP contribution in [0.25, 0.3) is 21.5 Å². The van der Waals surface area contributed by atoms with Gasteiger partial charge in [0, 0.05) is 18.2 Å². The molecule has 4 aromatic rings. The van der Waals surface area contributed by atoms with Crippen LogP contribution in [0, 0.1) is 11.8 Å². The number of aliphatic hydroxyl groups is 2. The number of amides is 1. The van der Waals surface area contributed by atoms with Crippen molar-refractivity contribution in [3.63, 3.8) is 0 Å². The molecule has 5 rings (SSSR count). The van der Waals surface area contributed by atoms with Crippen LogP contribution in [0.15, 0.2) is 70.4 Å². The molecule has 0 aliphatic carbocycles. The van der Waals surface area contributed by atoms with Crippen molar-refractivity contribution < 1.29 is 19.7 Å². The fourth-order valence-electron chi connectivity index (χ4n) is 4.29. The molecule has 1 saturated heterocycles. The van der Waals surface area contributed by atoms with Gasteiger partial charge in [0.15, 0.2) is 0 Å². The van der Waals surface area contributed by atoms with Crippen LogP contribution in [-0.2, 0) is 4.74 Å². The van der Waals surface area contributed by atoms with Gasteiger partial charge in [-0.2, -0.15) is 0 Å². The molecule has 36 heavy (non-hydrogen) atoms. The minimum absolute atomic E-state index is 0.00645. The van der Waals surface area contributed by atoms with Gasteiger partial charge in [-0.25, -0.2) is 4.79 Å². The first-order valence-electron chi connectivity index (χ1n) is 11.4. The monoisotopic (exact) mass is 485 g/mol. The molecule has 1 fully saturated rings. The third-order valence-electron chi connectivity index (χ3n) is 6.19. The molecule has 0 saturated carbocycles. The second kappa shape index (κ2) is 9.79. The molecule has 1 amide bonds. The van der Waals surface area contributed by atoms with E-state index in [1.807, 2.05) is 42.5 Å². The molecule has 1 aliphatic rings. The molecule has 182 valence electrons. The van der Waals surface area contributed by atoms with E-state index < -0.39 is 36.3 Å². The number of hydrogen-bond donors (Lipinski definition) is 4. The fourth-order valence-corrected chi connectivity index (χ4v) is 4.29. The van der Waals surface area contributed by atoms with Crippen LogP contribution in [-0.4, -0.2) is 51.0 Å². The lowest BCUT2D eigenvalue weighted by Crippen LogP contribution is -2.33. The summed E-state index contributed by atoms with van der Waals surface area (Å²) >= 11 is 0. The molecule has 4 N–H and O–H groups in total. The maximum Gasteiger partial charge on any atom is 0.330 e. The number of hydrogen-bond acceptors (Lipinski definition) is 6. The van der Waals surface area contributed by atoms with Crippen LogP contribution in [0.3, 0.4) is 0 Å². The molecule has 2 heterocycles. The van der Waals surface area contributed by atoms with Gasteiger partial charge in [0.05, 0.1) is 19.3 Å². The minimum atomic E-state index is -0.933. The van der Waals surface area contributed by atoms with E-state index in [1.54, 1.807) is 6.07 Å². The van der Waals surface area contributed by atoms with Crippen molar-refractivity contribution in [1.29, 1.82) is 0 Å². The first-order valence-corrected chi connectivity index (χ1v) is 11.4. The highest BCUT2D eigenvalue weighted by Gasteiger charge is 2.35. The van der Waals surface area contributed by atoms with E-state index in [2.05, 4.69) is 28.2 Å². The summed E-state index contributed by atoms with van der Waals surface area (Å²) in [5.41, 5.74) is -0.888. The van der Waals surface area contributed by atoms with Crippen LogP contribution < -0.4 is 16.6 Å². The predicted molar refractivity (Wildman–Crippen MR) is 134 cm³/mol. The highest BCUT2D eigenvalue weighted by Crippen LogP contribution is 2.27. The van der Waals surface area contributed by atoms with Gasteiger partial charge in [0.25, 0.3) is 11.5 Å². The lowest BCUT2D eigenvalue weighted by Gasteiger charge is -2.14. The number of fused-ring (bicyclic) bond motifs is 2. The summed E-state index contributed by atoms with van der Waals surface area (Å²) < 4.78 is 6.61. The molecule has 0 radical (unpaired) electrons. The maximum atomic E-state index is 12.6. The third-order valence-corrected chi connectivity index (χ3v) is 6.19. The second-order valence-corrected chi connectivity index (χ2v) is 8.57. The van der Waals surface area contributed by atoms with Gasteiger partial charge in [-0.1, -0.05) is 42.2 Å². The van der Waals surface area contributed by atoms with Crippen LogP contribution in [0.4, 0.5) is 0 Å². The maximum absolute atomic E-state index is 12.6. The van der Waals surface area contributed by atoms with Gasteiger partial charge in [0.2, 0.25) is 0 Å². The van der Waals surface area contributed by atoms with Crippen LogP contribution in [0.1, 0.15) is 28.6 Å². The normalized spacial score (nSPS) is 19.2. The number of carbonyl (C=O) groups excluding carboxylic acids is 1. The van der Waals surface area contributed by atoms with Gasteiger partial charge in [0.1, 0.15) is 17.9 Å². The van der Waals surface area contributed by atoms with Crippen LogP contribution in [0.5, 0.6) is 0 Å². The molecule has 3 aromatic carbocycles. The van der Waals surface area contributed by atoms with Crippen molar-refractivity contribution in [3.8, 4) is 11.8 Å². The molecule has 0 bridgehead atoms. The Morgan fingerprint density at radius 2 is 1.81 bits per heavy atom. The molecule has 9 nitrogen and oxygen atoms in total. The number of benzene rings is 3. The first-order chi connectivity index (χ1) is 17.4. The Kier molecular flexibility index (Phi) is 6.40. The van der Waals surface area contributed by atoms with Gasteiger partial charge in [-0.3, -0.25) is 19.1 Å². The zero-order valence-corrected chi connectivity index (χ0v) is 19.1. The highest BCUT2D eigenvalue weighted by molar-refractivity contribution is 6.03. The number of nitrogens with zero attached hydrogens (tertiary/aromatic N) is 1. The quantitative estimate of drug-likeness (QED) is 0.254. The summed E-state index contributed by atoms with van der Waals surface area (Å²) in [7, 11) is 0. The molecule has 1 aliphatic heterocycles. The number of aromatic amines is 1. The number of aromatic nitrogens is 2. The Bertz CT molecular complexity index is 1640. The summed E-state index contributed by atoms with van der Waals surface area (Å²) in [6.45, 7) is -0.408. The molecule has 0 unspecified atom stereocenters. The Morgan fingerprint density at radius 3 is 2.53 bits per heavy atom. The Morgan fingerprint density at radius 1 is 1.08 bits per heavy atom. The molecule has 3 atom stereocenters. The standard InChI is InChI=1S/C27H23N3O6/c31-15-23-22(32)13-24(36-23)30-14-20(26(34)29-27(30)35)6-3-9-28-25(33)19-8-7-18-10-16-4-1-2-5-17(16)11-21(18)12-19/h1-2,4-5,7-8,10-12,14,22-24,31-32H,9,13,15H2,(H,28,33)(H,29,34,35)/t22-,23+,24+/m0/s1. The number of aliphatic hydroxyl groups excluding tert-OH is 2. The van der Waals surface area contributed by atoms with Crippen molar-refractivity contribution in [2.24, 2.45) is 0 Å². The summed E-state index contributed by atoms with van der Waals surface area (Å²) in [5.74, 6) is 5.08. The fraction of sp³-hybridized carbons (Fsp3) is 0.222. The van der Waals surface area contributed by atoms with Crippen molar-refractivity contribution in [2.45, 2.75) is 24.9 Å². The molecular formula is C27H23N3O6. The van der Waals surface area contributed by atoms with Gasteiger partial charge in [-0.05, 0) is 45.8 Å². The largest absolute Gasteiger partial charge is 0.394 e. The molecular weight excluding hydrogens is 462 g/mol. The average molecular weight is 485 g/mol. The number of carbonyl (C=O) groups is 1. The van der Waals surface area contributed by atoms with Crippen LogP contribution >= 0.6 is 0 Å². The van der Waals surface area contributed by atoms with Crippen molar-refractivity contribution in [3.05, 3.63) is 92.8 Å². The first kappa shape index (κ1) is 23.5. The predicted octanol–water partition coefficient (Wildman–Crippen LogP) is 1.27. The van der Waals surface area contributed by atoms with Gasteiger partial charge >= 0.3 is 5.69 Å². The van der Waals surface area contributed by atoms with E-state index in [0.717, 1.165) is 26.1 Å². The van der Waals surface area contributed by atoms with E-state index in [4.69, 9.17) is 4.74 Å². The molecule has 1 aromatic heterocycles. The van der Waals surface area contributed by atoms with E-state index in [0.29, 0.717) is 5.56 Å². The van der Waals surface area contributed by atoms with E-state index in [-0.39, 0.29) is 24.4 Å². The SMILES string of the molecule is O=C(NCC#Cc1cn([C@H]2C[C@H](O)[C@@H](CO)O2)c(=O)[nH]c1=O)c1ccc2cc3ccccc3cc2c1. The topological polar surface area (TPSA) is 134 Å². The average Bonchev–Trinajstić information content (AvgIpc) is 3.26.